The maximum absolute atomic E-state index is 12.6. The first-order valence-corrected chi connectivity index (χ1v) is 13.1. The van der Waals surface area contributed by atoms with Gasteiger partial charge in [-0.2, -0.15) is 0 Å². The van der Waals surface area contributed by atoms with E-state index >= 15 is 0 Å². The topological polar surface area (TPSA) is 121 Å². The van der Waals surface area contributed by atoms with Crippen LogP contribution < -0.4 is 14.2 Å². The molecule has 0 aliphatic heterocycles. The van der Waals surface area contributed by atoms with Gasteiger partial charge in [-0.3, -0.25) is 4.79 Å². The average molecular weight is 525 g/mol. The molecule has 0 bridgehead atoms. The fourth-order valence-electron chi connectivity index (χ4n) is 3.76. The van der Waals surface area contributed by atoms with E-state index in [0.29, 0.717) is 17.1 Å². The molecule has 0 unspecified atom stereocenters. The number of amides is 1. The van der Waals surface area contributed by atoms with Gasteiger partial charge in [-0.25, -0.2) is 13.1 Å². The maximum atomic E-state index is 12.6. The number of rotatable bonds is 9. The van der Waals surface area contributed by atoms with Gasteiger partial charge in [0.2, 0.25) is 0 Å². The zero-order valence-electron chi connectivity index (χ0n) is 21.2. The molecule has 0 fully saturated rings. The van der Waals surface area contributed by atoms with Gasteiger partial charge in [0.25, 0.3) is 10.0 Å². The summed E-state index contributed by atoms with van der Waals surface area (Å²) in [5.41, 5.74) is 2.85. The molecular weight excluding hydrogens is 496 g/mol. The third-order valence-electron chi connectivity index (χ3n) is 5.52. The average Bonchev–Trinajstić information content (AvgIpc) is 3.39. The van der Waals surface area contributed by atoms with Crippen molar-refractivity contribution in [2.45, 2.75) is 52.2 Å². The van der Waals surface area contributed by atoms with Gasteiger partial charge in [-0.15, -0.1) is 0 Å². The van der Waals surface area contributed by atoms with Crippen LogP contribution in [0.1, 0.15) is 47.2 Å². The highest BCUT2D eigenvalue weighted by molar-refractivity contribution is 7.90. The summed E-state index contributed by atoms with van der Waals surface area (Å²) in [5.74, 6) is 0.945. The van der Waals surface area contributed by atoms with Crippen LogP contribution in [0.15, 0.2) is 68.4 Å². The number of hydrogen-bond acceptors (Lipinski definition) is 8. The van der Waals surface area contributed by atoms with Crippen molar-refractivity contribution in [1.29, 1.82) is 0 Å². The standard InChI is InChI=1S/C27H28N2O7S/c1-16(2)34-24-12-8-21(9-13-24)20-6-10-23(11-7-20)33-15-22-14-25(35-18(22)4)27(30)29-37(31,32)26-17(3)28-36-19(26)5/h6-14,16H,15H2,1-5H3,(H,29,30). The lowest BCUT2D eigenvalue weighted by atomic mass is 10.1. The molecule has 2 heterocycles. The SMILES string of the molecule is Cc1noc(C)c1S(=O)(=O)NC(=O)c1cc(COc2ccc(-c3ccc(OC(C)C)cc3)cc2)c(C)o1. The molecule has 10 heteroatoms. The van der Waals surface area contributed by atoms with Crippen molar-refractivity contribution in [3.05, 3.63) is 83.1 Å². The van der Waals surface area contributed by atoms with E-state index in [4.69, 9.17) is 18.4 Å². The quantitative estimate of drug-likeness (QED) is 0.311. The summed E-state index contributed by atoms with van der Waals surface area (Å²) in [6, 6.07) is 17.0. The summed E-state index contributed by atoms with van der Waals surface area (Å²) < 4.78 is 49.1. The van der Waals surface area contributed by atoms with Crippen molar-refractivity contribution >= 4 is 15.9 Å². The Morgan fingerprint density at radius 2 is 1.54 bits per heavy atom. The number of carbonyl (C=O) groups excluding carboxylic acids is 1. The molecule has 2 aromatic heterocycles. The van der Waals surface area contributed by atoms with Crippen molar-refractivity contribution in [3.8, 4) is 22.6 Å². The fraction of sp³-hybridized carbons (Fsp3) is 0.259. The van der Waals surface area contributed by atoms with E-state index < -0.39 is 15.9 Å². The summed E-state index contributed by atoms with van der Waals surface area (Å²) >= 11 is 0. The molecule has 9 nitrogen and oxygen atoms in total. The molecule has 0 saturated heterocycles. The van der Waals surface area contributed by atoms with Crippen molar-refractivity contribution < 1.29 is 31.6 Å². The number of carbonyl (C=O) groups is 1. The van der Waals surface area contributed by atoms with Crippen molar-refractivity contribution in [1.82, 2.24) is 9.88 Å². The molecule has 0 aliphatic rings. The minimum atomic E-state index is -4.17. The Kier molecular flexibility index (Phi) is 7.40. The number of nitrogens with zero attached hydrogens (tertiary/aromatic N) is 1. The third-order valence-corrected chi connectivity index (χ3v) is 7.09. The van der Waals surface area contributed by atoms with Crippen molar-refractivity contribution in [3.63, 3.8) is 0 Å². The molecule has 1 N–H and O–H groups in total. The molecular formula is C27H28N2O7S. The zero-order chi connectivity index (χ0) is 26.7. The highest BCUT2D eigenvalue weighted by Crippen LogP contribution is 2.26. The number of aromatic nitrogens is 1. The number of sulfonamides is 1. The first kappa shape index (κ1) is 26.0. The van der Waals surface area contributed by atoms with E-state index in [1.54, 1.807) is 6.92 Å². The number of furan rings is 1. The molecule has 194 valence electrons. The van der Waals surface area contributed by atoms with Gasteiger partial charge >= 0.3 is 5.91 Å². The van der Waals surface area contributed by atoms with Crippen LogP contribution in [0.5, 0.6) is 11.5 Å². The molecule has 0 atom stereocenters. The molecule has 4 aromatic rings. The summed E-state index contributed by atoms with van der Waals surface area (Å²) in [5, 5.41) is 3.62. The summed E-state index contributed by atoms with van der Waals surface area (Å²) in [6.07, 6.45) is 0.118. The Labute approximate surface area is 215 Å². The number of ether oxygens (including phenoxy) is 2. The van der Waals surface area contributed by atoms with Crippen molar-refractivity contribution in [2.75, 3.05) is 0 Å². The van der Waals surface area contributed by atoms with Gasteiger partial charge in [0.05, 0.1) is 6.10 Å². The fourth-order valence-corrected chi connectivity index (χ4v) is 5.05. The molecule has 2 aromatic carbocycles. The first-order valence-electron chi connectivity index (χ1n) is 11.6. The molecule has 1 amide bonds. The highest BCUT2D eigenvalue weighted by atomic mass is 32.2. The molecule has 0 saturated carbocycles. The van der Waals surface area contributed by atoms with E-state index in [0.717, 1.165) is 16.9 Å². The number of hydrogen-bond donors (Lipinski definition) is 1. The lowest BCUT2D eigenvalue weighted by Crippen LogP contribution is -2.31. The third kappa shape index (κ3) is 6.03. The van der Waals surface area contributed by atoms with Crippen LogP contribution in [0.3, 0.4) is 0 Å². The van der Waals surface area contributed by atoms with Gasteiger partial charge in [-0.05, 0) is 76.1 Å². The van der Waals surface area contributed by atoms with E-state index in [2.05, 4.69) is 5.16 Å². The van der Waals surface area contributed by atoms with Crippen LogP contribution in [0.4, 0.5) is 0 Å². The zero-order valence-corrected chi connectivity index (χ0v) is 22.0. The second kappa shape index (κ2) is 10.5. The van der Waals surface area contributed by atoms with Gasteiger partial charge in [0.15, 0.2) is 16.4 Å². The lowest BCUT2D eigenvalue weighted by Gasteiger charge is -2.10. The minimum Gasteiger partial charge on any atom is -0.491 e. The summed E-state index contributed by atoms with van der Waals surface area (Å²) in [7, 11) is -4.17. The van der Waals surface area contributed by atoms with E-state index in [1.165, 1.54) is 19.9 Å². The maximum Gasteiger partial charge on any atom is 0.300 e. The molecule has 0 aliphatic carbocycles. The lowest BCUT2D eigenvalue weighted by molar-refractivity contribution is 0.0953. The van der Waals surface area contributed by atoms with E-state index in [-0.39, 0.29) is 34.8 Å². The van der Waals surface area contributed by atoms with Crippen LogP contribution in [0.25, 0.3) is 11.1 Å². The van der Waals surface area contributed by atoms with Gasteiger partial charge in [0.1, 0.15) is 29.6 Å². The Balaban J connectivity index is 1.39. The Hall–Kier alpha value is -4.05. The Bertz CT molecular complexity index is 1480. The second-order valence-electron chi connectivity index (χ2n) is 8.78. The van der Waals surface area contributed by atoms with Crippen LogP contribution in [-0.4, -0.2) is 25.6 Å². The van der Waals surface area contributed by atoms with E-state index in [1.807, 2.05) is 67.1 Å². The van der Waals surface area contributed by atoms with Crippen LogP contribution in [-0.2, 0) is 16.6 Å². The van der Waals surface area contributed by atoms with Crippen LogP contribution >= 0.6 is 0 Å². The molecule has 0 spiro atoms. The Morgan fingerprint density at radius 3 is 2.08 bits per heavy atom. The smallest absolute Gasteiger partial charge is 0.300 e. The predicted molar refractivity (Wildman–Crippen MR) is 136 cm³/mol. The number of nitrogens with one attached hydrogen (secondary N) is 1. The molecule has 0 radical (unpaired) electrons. The minimum absolute atomic E-state index is 0.0886. The number of benzene rings is 2. The van der Waals surface area contributed by atoms with Gasteiger partial charge in [-0.1, -0.05) is 29.4 Å². The van der Waals surface area contributed by atoms with Crippen LogP contribution in [0, 0.1) is 20.8 Å². The molecule has 37 heavy (non-hydrogen) atoms. The van der Waals surface area contributed by atoms with Crippen molar-refractivity contribution in [2.24, 2.45) is 0 Å². The van der Waals surface area contributed by atoms with Gasteiger partial charge < -0.3 is 18.4 Å². The summed E-state index contributed by atoms with van der Waals surface area (Å²) in [6.45, 7) is 8.72. The largest absolute Gasteiger partial charge is 0.491 e. The summed E-state index contributed by atoms with van der Waals surface area (Å²) in [4.78, 5) is 12.4. The normalized spacial score (nSPS) is 11.5. The second-order valence-corrected chi connectivity index (χ2v) is 10.4. The highest BCUT2D eigenvalue weighted by Gasteiger charge is 2.28. The molecule has 4 rings (SSSR count). The first-order chi connectivity index (χ1) is 17.5. The number of aryl methyl sites for hydroxylation is 3. The van der Waals surface area contributed by atoms with Crippen LogP contribution in [0.2, 0.25) is 0 Å². The monoisotopic (exact) mass is 524 g/mol. The Morgan fingerprint density at radius 1 is 0.946 bits per heavy atom. The van der Waals surface area contributed by atoms with E-state index in [9.17, 15) is 13.2 Å². The predicted octanol–water partition coefficient (Wildman–Crippen LogP) is 5.34. The van der Waals surface area contributed by atoms with Gasteiger partial charge in [0, 0.05) is 5.56 Å².